The van der Waals surface area contributed by atoms with Gasteiger partial charge in [-0.05, 0) is 71.8 Å². The van der Waals surface area contributed by atoms with E-state index in [9.17, 15) is 0 Å². The molecule has 202 valence electrons. The molecule has 0 radical (unpaired) electrons. The molecule has 7 aromatic rings. The maximum Gasteiger partial charge on any atom is 0.138 e. The Morgan fingerprint density at radius 3 is 1.88 bits per heavy atom. The lowest BCUT2D eigenvalue weighted by Gasteiger charge is -2.11. The van der Waals surface area contributed by atoms with Crippen LogP contribution in [0.1, 0.15) is 27.7 Å². The second-order valence-corrected chi connectivity index (χ2v) is 8.80. The van der Waals surface area contributed by atoms with Gasteiger partial charge in [0, 0.05) is 29.5 Å². The zero-order valence-electron chi connectivity index (χ0n) is 23.9. The van der Waals surface area contributed by atoms with Crippen molar-refractivity contribution in [3.63, 3.8) is 0 Å². The largest absolute Gasteiger partial charge is 0.292 e. The van der Waals surface area contributed by atoms with Gasteiger partial charge >= 0.3 is 0 Å². The SMILES string of the molecule is CC.CC.c1ccc(-c2cccc(-n3c4ccc(-c5ccccc5-c5ccccn5)cc4c4ncccc43)n2)nc1. The molecule has 0 spiro atoms. The van der Waals surface area contributed by atoms with Gasteiger partial charge in [-0.2, -0.15) is 0 Å². The van der Waals surface area contributed by atoms with Gasteiger partial charge in [0.2, 0.25) is 0 Å². The van der Waals surface area contributed by atoms with E-state index in [1.807, 2.05) is 101 Å². The first-order chi connectivity index (χ1) is 20.4. The molecule has 0 aliphatic rings. The Labute approximate surface area is 241 Å². The Bertz CT molecular complexity index is 1880. The normalized spacial score (nSPS) is 10.4. The lowest BCUT2D eigenvalue weighted by Crippen LogP contribution is -1.99. The van der Waals surface area contributed by atoms with Gasteiger partial charge in [0.15, 0.2) is 0 Å². The van der Waals surface area contributed by atoms with Gasteiger partial charge in [0.1, 0.15) is 5.82 Å². The summed E-state index contributed by atoms with van der Waals surface area (Å²) in [5.41, 5.74) is 8.99. The van der Waals surface area contributed by atoms with Crippen molar-refractivity contribution in [2.75, 3.05) is 0 Å². The third-order valence-electron chi connectivity index (χ3n) is 6.59. The highest BCUT2D eigenvalue weighted by Crippen LogP contribution is 2.36. The van der Waals surface area contributed by atoms with E-state index >= 15 is 0 Å². The molecule has 41 heavy (non-hydrogen) atoms. The zero-order chi connectivity index (χ0) is 28.6. The average Bonchev–Trinajstić information content (AvgIpc) is 3.41. The van der Waals surface area contributed by atoms with E-state index in [2.05, 4.69) is 63.1 Å². The molecule has 0 bridgehead atoms. The number of hydrogen-bond acceptors (Lipinski definition) is 4. The fourth-order valence-corrected chi connectivity index (χ4v) is 4.93. The monoisotopic (exact) mass is 535 g/mol. The summed E-state index contributed by atoms with van der Waals surface area (Å²) >= 11 is 0. The van der Waals surface area contributed by atoms with Crippen molar-refractivity contribution in [3.05, 3.63) is 128 Å². The Balaban J connectivity index is 0.000000810. The zero-order valence-corrected chi connectivity index (χ0v) is 23.9. The molecule has 0 saturated heterocycles. The second-order valence-electron chi connectivity index (χ2n) is 8.80. The number of nitrogens with zero attached hydrogens (tertiary/aromatic N) is 5. The summed E-state index contributed by atoms with van der Waals surface area (Å²) in [4.78, 5) is 18.8. The molecule has 0 saturated carbocycles. The van der Waals surface area contributed by atoms with Gasteiger partial charge in [0.25, 0.3) is 0 Å². The van der Waals surface area contributed by atoms with Crippen LogP contribution in [0, 0.1) is 0 Å². The highest BCUT2D eigenvalue weighted by atomic mass is 15.1. The van der Waals surface area contributed by atoms with Crippen LogP contribution in [-0.2, 0) is 0 Å². The summed E-state index contributed by atoms with van der Waals surface area (Å²) in [6, 6.07) is 36.9. The molecule has 0 aliphatic carbocycles. The predicted octanol–water partition coefficient (Wildman–Crippen LogP) is 9.42. The van der Waals surface area contributed by atoms with Crippen molar-refractivity contribution in [3.8, 4) is 39.6 Å². The van der Waals surface area contributed by atoms with Crippen LogP contribution in [0.5, 0.6) is 0 Å². The smallest absolute Gasteiger partial charge is 0.138 e. The fourth-order valence-electron chi connectivity index (χ4n) is 4.93. The van der Waals surface area contributed by atoms with Gasteiger partial charge in [-0.15, -0.1) is 0 Å². The standard InChI is InChI=1S/C32H21N5.2C2H6/c1-2-10-24(26-11-3-5-18-33-26)23(9-1)22-16-17-29-25(21-22)32-30(14-8-20-35-32)37(29)31-15-7-13-28(36-31)27-12-4-6-19-34-27;2*1-2/h1-21H;2*1-2H3. The van der Waals surface area contributed by atoms with Gasteiger partial charge in [-0.25, -0.2) is 4.98 Å². The minimum atomic E-state index is 0.831. The Hall–Kier alpha value is -5.16. The maximum atomic E-state index is 4.98. The molecule has 7 rings (SSSR count). The molecule has 5 aromatic heterocycles. The van der Waals surface area contributed by atoms with Crippen LogP contribution in [0.25, 0.3) is 61.5 Å². The molecule has 0 unspecified atom stereocenters. The van der Waals surface area contributed by atoms with E-state index in [0.29, 0.717) is 0 Å². The average molecular weight is 536 g/mol. The van der Waals surface area contributed by atoms with Crippen LogP contribution in [0.2, 0.25) is 0 Å². The molecule has 0 atom stereocenters. The first-order valence-corrected chi connectivity index (χ1v) is 14.2. The second kappa shape index (κ2) is 12.8. The number of aromatic nitrogens is 5. The first kappa shape index (κ1) is 27.4. The van der Waals surface area contributed by atoms with Gasteiger partial charge < -0.3 is 0 Å². The van der Waals surface area contributed by atoms with E-state index in [1.54, 1.807) is 6.20 Å². The van der Waals surface area contributed by atoms with E-state index in [1.165, 1.54) is 0 Å². The molecule has 0 N–H and O–H groups in total. The minimum absolute atomic E-state index is 0.831. The van der Waals surface area contributed by atoms with Crippen molar-refractivity contribution >= 4 is 21.9 Å². The number of pyridine rings is 4. The summed E-state index contributed by atoms with van der Waals surface area (Å²) in [6.45, 7) is 8.00. The van der Waals surface area contributed by atoms with Crippen LogP contribution in [0.15, 0.2) is 128 Å². The molecule has 5 heteroatoms. The number of benzene rings is 2. The topological polar surface area (TPSA) is 56.5 Å². The summed E-state index contributed by atoms with van der Waals surface area (Å²) in [5, 5.41) is 1.08. The third-order valence-corrected chi connectivity index (χ3v) is 6.59. The Morgan fingerprint density at radius 1 is 0.488 bits per heavy atom. The molecule has 0 fully saturated rings. The van der Waals surface area contributed by atoms with Crippen LogP contribution in [-0.4, -0.2) is 24.5 Å². The summed E-state index contributed by atoms with van der Waals surface area (Å²) in [5.74, 6) is 0.831. The van der Waals surface area contributed by atoms with E-state index < -0.39 is 0 Å². The van der Waals surface area contributed by atoms with Gasteiger partial charge in [-0.1, -0.05) is 76.2 Å². The quantitative estimate of drug-likeness (QED) is 0.225. The highest BCUT2D eigenvalue weighted by Gasteiger charge is 2.16. The lowest BCUT2D eigenvalue weighted by atomic mass is 9.96. The molecule has 2 aromatic carbocycles. The van der Waals surface area contributed by atoms with E-state index in [-0.39, 0.29) is 0 Å². The van der Waals surface area contributed by atoms with Gasteiger partial charge in [-0.3, -0.25) is 19.5 Å². The molecule has 0 aliphatic heterocycles. The van der Waals surface area contributed by atoms with Crippen molar-refractivity contribution in [1.29, 1.82) is 0 Å². The van der Waals surface area contributed by atoms with Crippen LogP contribution in [0.3, 0.4) is 0 Å². The lowest BCUT2D eigenvalue weighted by molar-refractivity contribution is 1.08. The van der Waals surface area contributed by atoms with E-state index in [4.69, 9.17) is 9.97 Å². The minimum Gasteiger partial charge on any atom is -0.292 e. The summed E-state index contributed by atoms with van der Waals surface area (Å²) in [7, 11) is 0. The van der Waals surface area contributed by atoms with Gasteiger partial charge in [0.05, 0.1) is 33.6 Å². The van der Waals surface area contributed by atoms with Crippen LogP contribution in [0.4, 0.5) is 0 Å². The molecule has 5 nitrogen and oxygen atoms in total. The number of rotatable bonds is 4. The third kappa shape index (κ3) is 5.35. The van der Waals surface area contributed by atoms with Crippen molar-refractivity contribution in [2.45, 2.75) is 27.7 Å². The highest BCUT2D eigenvalue weighted by molar-refractivity contribution is 6.08. The summed E-state index contributed by atoms with van der Waals surface area (Å²) < 4.78 is 2.18. The number of hydrogen-bond donors (Lipinski definition) is 0. The first-order valence-electron chi connectivity index (χ1n) is 14.2. The Morgan fingerprint density at radius 2 is 1.15 bits per heavy atom. The van der Waals surface area contributed by atoms with Crippen LogP contribution >= 0.6 is 0 Å². The molecule has 0 amide bonds. The predicted molar refractivity (Wildman–Crippen MR) is 171 cm³/mol. The molecule has 5 heterocycles. The maximum absolute atomic E-state index is 4.98. The number of fused-ring (bicyclic) bond motifs is 3. The molecular weight excluding hydrogens is 502 g/mol. The van der Waals surface area contributed by atoms with Crippen LogP contribution < -0.4 is 0 Å². The summed E-state index contributed by atoms with van der Waals surface area (Å²) in [6.07, 6.45) is 5.47. The molecular formula is C36H33N5. The Kier molecular flexibility index (Phi) is 8.55. The van der Waals surface area contributed by atoms with Crippen molar-refractivity contribution in [2.24, 2.45) is 0 Å². The van der Waals surface area contributed by atoms with Crippen molar-refractivity contribution in [1.82, 2.24) is 24.5 Å². The van der Waals surface area contributed by atoms with Crippen molar-refractivity contribution < 1.29 is 0 Å². The fraction of sp³-hybridized carbons (Fsp3) is 0.111. The van der Waals surface area contributed by atoms with E-state index in [0.717, 1.165) is 61.5 Å².